The second kappa shape index (κ2) is 7.48. The molecule has 6 nitrogen and oxygen atoms in total. The zero-order valence-electron chi connectivity index (χ0n) is 14.2. The maximum Gasteiger partial charge on any atom is 0.417 e. The average Bonchev–Trinajstić information content (AvgIpc) is 2.64. The summed E-state index contributed by atoms with van der Waals surface area (Å²) in [5, 5.41) is 2.75. The molecule has 3 rings (SSSR count). The average molecular weight is 349 g/mol. The lowest BCUT2D eigenvalue weighted by atomic mass is 10.0. The van der Waals surface area contributed by atoms with Crippen molar-refractivity contribution < 1.29 is 14.3 Å². The third kappa shape index (κ3) is 4.05. The van der Waals surface area contributed by atoms with Gasteiger partial charge in [0.25, 0.3) is 0 Å². The predicted molar refractivity (Wildman–Crippen MR) is 103 cm³/mol. The minimum Gasteiger partial charge on any atom is -0.497 e. The molecule has 6 heteroatoms. The van der Waals surface area contributed by atoms with Crippen LogP contribution in [0.2, 0.25) is 0 Å². The predicted octanol–water partition coefficient (Wildman–Crippen LogP) is 4.14. The normalized spacial score (nSPS) is 10.2. The highest BCUT2D eigenvalue weighted by Crippen LogP contribution is 2.31. The van der Waals surface area contributed by atoms with Crippen LogP contribution < -0.4 is 26.3 Å². The van der Waals surface area contributed by atoms with Crippen LogP contribution in [0.15, 0.2) is 66.7 Å². The minimum atomic E-state index is -0.600. The summed E-state index contributed by atoms with van der Waals surface area (Å²) >= 11 is 0. The molecule has 0 bridgehead atoms. The van der Waals surface area contributed by atoms with Crippen molar-refractivity contribution in [3.8, 4) is 22.6 Å². The fourth-order valence-corrected chi connectivity index (χ4v) is 2.46. The van der Waals surface area contributed by atoms with Crippen LogP contribution in [0.1, 0.15) is 0 Å². The molecule has 0 saturated heterocycles. The van der Waals surface area contributed by atoms with Crippen molar-refractivity contribution in [1.29, 1.82) is 0 Å². The van der Waals surface area contributed by atoms with Crippen LogP contribution in [-0.2, 0) is 0 Å². The van der Waals surface area contributed by atoms with Gasteiger partial charge < -0.3 is 20.9 Å². The van der Waals surface area contributed by atoms with Crippen LogP contribution in [0.5, 0.6) is 11.5 Å². The fraction of sp³-hybridized carbons (Fsp3) is 0.0500. The lowest BCUT2D eigenvalue weighted by molar-refractivity contribution is 0.215. The van der Waals surface area contributed by atoms with Gasteiger partial charge in [-0.25, -0.2) is 4.79 Å². The van der Waals surface area contributed by atoms with Crippen molar-refractivity contribution in [2.45, 2.75) is 0 Å². The van der Waals surface area contributed by atoms with Crippen LogP contribution in [0, 0.1) is 0 Å². The molecule has 1 amide bonds. The molecule has 0 saturated carbocycles. The number of hydrogen-bond acceptors (Lipinski definition) is 5. The first-order valence-corrected chi connectivity index (χ1v) is 7.93. The second-order valence-electron chi connectivity index (χ2n) is 5.62. The number of hydrogen-bond donors (Lipinski definition) is 3. The van der Waals surface area contributed by atoms with Crippen LogP contribution in [0.25, 0.3) is 11.1 Å². The quantitative estimate of drug-likeness (QED) is 0.615. The van der Waals surface area contributed by atoms with Gasteiger partial charge >= 0.3 is 6.09 Å². The van der Waals surface area contributed by atoms with Crippen molar-refractivity contribution in [3.05, 3.63) is 66.7 Å². The number of benzene rings is 3. The fourth-order valence-electron chi connectivity index (χ4n) is 2.46. The Hall–Kier alpha value is -3.67. The zero-order chi connectivity index (χ0) is 18.5. The largest absolute Gasteiger partial charge is 0.497 e. The molecule has 5 N–H and O–H groups in total. The molecule has 3 aromatic carbocycles. The summed E-state index contributed by atoms with van der Waals surface area (Å²) in [7, 11) is 1.57. The summed E-state index contributed by atoms with van der Waals surface area (Å²) in [5.41, 5.74) is 15.1. The van der Waals surface area contributed by atoms with E-state index in [4.69, 9.17) is 20.9 Å². The van der Waals surface area contributed by atoms with E-state index < -0.39 is 6.09 Å². The molecule has 0 fully saturated rings. The van der Waals surface area contributed by atoms with E-state index in [2.05, 4.69) is 5.32 Å². The lowest BCUT2D eigenvalue weighted by Crippen LogP contribution is -2.17. The first-order valence-electron chi connectivity index (χ1n) is 7.93. The summed E-state index contributed by atoms with van der Waals surface area (Å²) in [4.78, 5) is 12.2. The van der Waals surface area contributed by atoms with E-state index in [0.29, 0.717) is 28.6 Å². The molecule has 0 aliphatic rings. The Morgan fingerprint density at radius 2 is 1.46 bits per heavy atom. The molecule has 0 atom stereocenters. The molecular weight excluding hydrogens is 330 g/mol. The Labute approximate surface area is 151 Å². The molecule has 0 heterocycles. The number of amides is 1. The van der Waals surface area contributed by atoms with Gasteiger partial charge in [0, 0.05) is 16.9 Å². The maximum atomic E-state index is 12.2. The van der Waals surface area contributed by atoms with Crippen molar-refractivity contribution in [3.63, 3.8) is 0 Å². The third-order valence-corrected chi connectivity index (χ3v) is 3.77. The van der Waals surface area contributed by atoms with E-state index in [0.717, 1.165) is 11.1 Å². The van der Waals surface area contributed by atoms with Gasteiger partial charge in [0.05, 0.1) is 12.8 Å². The zero-order valence-corrected chi connectivity index (χ0v) is 14.2. The lowest BCUT2D eigenvalue weighted by Gasteiger charge is -2.13. The van der Waals surface area contributed by atoms with Crippen molar-refractivity contribution in [2.24, 2.45) is 0 Å². The number of anilines is 3. The van der Waals surface area contributed by atoms with Crippen LogP contribution >= 0.6 is 0 Å². The molecule has 0 aliphatic heterocycles. The highest BCUT2D eigenvalue weighted by molar-refractivity contribution is 5.93. The Morgan fingerprint density at radius 1 is 0.846 bits per heavy atom. The molecule has 0 unspecified atom stereocenters. The van der Waals surface area contributed by atoms with E-state index in [-0.39, 0.29) is 0 Å². The van der Waals surface area contributed by atoms with Gasteiger partial charge in [-0.2, -0.15) is 0 Å². The topological polar surface area (TPSA) is 99.6 Å². The maximum absolute atomic E-state index is 12.2. The van der Waals surface area contributed by atoms with Gasteiger partial charge in [0.2, 0.25) is 0 Å². The molecule has 26 heavy (non-hydrogen) atoms. The van der Waals surface area contributed by atoms with Gasteiger partial charge in [0.1, 0.15) is 11.5 Å². The Bertz CT molecular complexity index is 907. The van der Waals surface area contributed by atoms with Crippen molar-refractivity contribution >= 4 is 23.2 Å². The summed E-state index contributed by atoms with van der Waals surface area (Å²) in [6.45, 7) is 0. The van der Waals surface area contributed by atoms with Crippen molar-refractivity contribution in [1.82, 2.24) is 0 Å². The molecular formula is C20H19N3O3. The first-order chi connectivity index (χ1) is 12.5. The number of carbonyl (C=O) groups excluding carboxylic acids is 1. The van der Waals surface area contributed by atoms with E-state index >= 15 is 0 Å². The highest BCUT2D eigenvalue weighted by atomic mass is 16.6. The number of nitrogens with one attached hydrogen (secondary N) is 1. The van der Waals surface area contributed by atoms with E-state index in [1.54, 1.807) is 61.7 Å². The standard InChI is InChI=1S/C20H19N3O3/c1-25-16-7-9-17(10-8-16)26-20(24)23-19-11-6-15(22)12-18(19)13-2-4-14(21)5-3-13/h2-12H,21-22H2,1H3,(H,23,24). The highest BCUT2D eigenvalue weighted by Gasteiger charge is 2.11. The number of nitrogen functional groups attached to an aromatic ring is 2. The summed E-state index contributed by atoms with van der Waals surface area (Å²) in [6, 6.07) is 19.3. The molecule has 132 valence electrons. The molecule has 0 spiro atoms. The van der Waals surface area contributed by atoms with E-state index in [1.165, 1.54) is 0 Å². The van der Waals surface area contributed by atoms with Gasteiger partial charge in [0.15, 0.2) is 0 Å². The number of rotatable bonds is 4. The third-order valence-electron chi connectivity index (χ3n) is 3.77. The summed E-state index contributed by atoms with van der Waals surface area (Å²) in [5.74, 6) is 1.09. The molecule has 0 aromatic heterocycles. The Kier molecular flexibility index (Phi) is 4.94. The minimum absolute atomic E-state index is 0.410. The van der Waals surface area contributed by atoms with Crippen LogP contribution in [0.4, 0.5) is 21.9 Å². The molecule has 0 radical (unpaired) electrons. The number of carbonyl (C=O) groups is 1. The summed E-state index contributed by atoms with van der Waals surface area (Å²) < 4.78 is 10.4. The van der Waals surface area contributed by atoms with Gasteiger partial charge in [-0.15, -0.1) is 0 Å². The SMILES string of the molecule is COc1ccc(OC(=O)Nc2ccc(N)cc2-c2ccc(N)cc2)cc1. The summed E-state index contributed by atoms with van der Waals surface area (Å²) in [6.07, 6.45) is -0.600. The monoisotopic (exact) mass is 349 g/mol. The Morgan fingerprint density at radius 3 is 2.12 bits per heavy atom. The number of methoxy groups -OCH3 is 1. The van der Waals surface area contributed by atoms with E-state index in [1.807, 2.05) is 12.1 Å². The van der Waals surface area contributed by atoms with Gasteiger partial charge in [-0.1, -0.05) is 12.1 Å². The molecule has 3 aromatic rings. The number of ether oxygens (including phenoxy) is 2. The Balaban J connectivity index is 1.80. The van der Waals surface area contributed by atoms with Crippen LogP contribution in [-0.4, -0.2) is 13.2 Å². The van der Waals surface area contributed by atoms with E-state index in [9.17, 15) is 4.79 Å². The molecule has 0 aliphatic carbocycles. The van der Waals surface area contributed by atoms with Gasteiger partial charge in [-0.05, 0) is 60.2 Å². The number of nitrogens with two attached hydrogens (primary N) is 2. The van der Waals surface area contributed by atoms with Crippen molar-refractivity contribution in [2.75, 3.05) is 23.9 Å². The first kappa shape index (κ1) is 17.2. The smallest absolute Gasteiger partial charge is 0.417 e. The van der Waals surface area contributed by atoms with Crippen LogP contribution in [0.3, 0.4) is 0 Å². The van der Waals surface area contributed by atoms with Gasteiger partial charge in [-0.3, -0.25) is 5.32 Å². The second-order valence-corrected chi connectivity index (χ2v) is 5.62.